The van der Waals surface area contributed by atoms with Crippen LogP contribution in [0.15, 0.2) is 22.7 Å². The Kier molecular flexibility index (Phi) is 6.46. The highest BCUT2D eigenvalue weighted by atomic mass is 79.9. The molecule has 1 atom stereocenters. The first kappa shape index (κ1) is 14.4. The van der Waals surface area contributed by atoms with Crippen LogP contribution in [-0.2, 0) is 0 Å². The number of halogens is 1. The second-order valence-corrected chi connectivity index (χ2v) is 6.09. The first-order chi connectivity index (χ1) is 8.17. The van der Waals surface area contributed by atoms with Crippen LogP contribution < -0.4 is 5.32 Å². The number of nitrogens with zero attached hydrogens (tertiary/aromatic N) is 1. The van der Waals surface area contributed by atoms with Crippen LogP contribution >= 0.6 is 27.7 Å². The number of hydrogen-bond acceptors (Lipinski definition) is 3. The summed E-state index contributed by atoms with van der Waals surface area (Å²) < 4.78 is 0.951. The van der Waals surface area contributed by atoms with Crippen LogP contribution in [0.5, 0.6) is 0 Å². The van der Waals surface area contributed by atoms with Gasteiger partial charge in [0, 0.05) is 16.2 Å². The molecule has 92 valence electrons. The lowest BCUT2D eigenvalue weighted by Gasteiger charge is -2.16. The van der Waals surface area contributed by atoms with Crippen molar-refractivity contribution in [1.82, 2.24) is 0 Å². The molecule has 1 aromatic carbocycles. The normalized spacial score (nSPS) is 11.9. The van der Waals surface area contributed by atoms with E-state index in [2.05, 4.69) is 41.2 Å². The predicted molar refractivity (Wildman–Crippen MR) is 79.6 cm³/mol. The average molecular weight is 313 g/mol. The zero-order valence-electron chi connectivity index (χ0n) is 10.2. The Morgan fingerprint density at radius 1 is 1.53 bits per heavy atom. The fourth-order valence-electron chi connectivity index (χ4n) is 1.44. The molecule has 0 spiro atoms. The highest BCUT2D eigenvalue weighted by molar-refractivity contribution is 9.10. The summed E-state index contributed by atoms with van der Waals surface area (Å²) in [5.74, 6) is 2.35. The molecule has 4 heteroatoms. The molecule has 0 saturated carbocycles. The van der Waals surface area contributed by atoms with E-state index in [0.717, 1.165) is 16.6 Å². The van der Waals surface area contributed by atoms with Gasteiger partial charge in [0.2, 0.25) is 0 Å². The van der Waals surface area contributed by atoms with Crippen LogP contribution in [0.1, 0.15) is 25.8 Å². The SMILES string of the molecule is CCSCCC(C)Nc1ccc(C#N)cc1Br. The molecule has 0 aromatic heterocycles. The second kappa shape index (κ2) is 7.62. The van der Waals surface area contributed by atoms with Gasteiger partial charge in [0.1, 0.15) is 0 Å². The number of thioether (sulfide) groups is 1. The number of anilines is 1. The summed E-state index contributed by atoms with van der Waals surface area (Å²) in [5, 5.41) is 12.2. The van der Waals surface area contributed by atoms with Crippen molar-refractivity contribution in [2.45, 2.75) is 26.3 Å². The Hall–Kier alpha value is -0.660. The fourth-order valence-corrected chi connectivity index (χ4v) is 2.75. The molecule has 0 fully saturated rings. The molecule has 0 aliphatic rings. The van der Waals surface area contributed by atoms with Crippen molar-refractivity contribution < 1.29 is 0 Å². The maximum Gasteiger partial charge on any atom is 0.0992 e. The second-order valence-electron chi connectivity index (χ2n) is 3.84. The van der Waals surface area contributed by atoms with Crippen molar-refractivity contribution in [3.05, 3.63) is 28.2 Å². The molecule has 1 unspecified atom stereocenters. The lowest BCUT2D eigenvalue weighted by molar-refractivity contribution is 0.771. The van der Waals surface area contributed by atoms with Crippen molar-refractivity contribution >= 4 is 33.4 Å². The quantitative estimate of drug-likeness (QED) is 0.797. The maximum atomic E-state index is 8.78. The topological polar surface area (TPSA) is 35.8 Å². The van der Waals surface area contributed by atoms with Crippen molar-refractivity contribution in [1.29, 1.82) is 5.26 Å². The third kappa shape index (κ3) is 5.01. The standard InChI is InChI=1S/C13H17BrN2S/c1-3-17-7-6-10(2)16-13-5-4-11(9-15)8-12(13)14/h4-5,8,10,16H,3,6-7H2,1-2H3. The van der Waals surface area contributed by atoms with E-state index in [0.29, 0.717) is 11.6 Å². The summed E-state index contributed by atoms with van der Waals surface area (Å²) in [5.41, 5.74) is 1.73. The van der Waals surface area contributed by atoms with Crippen LogP contribution in [0.25, 0.3) is 0 Å². The smallest absolute Gasteiger partial charge is 0.0992 e. The fraction of sp³-hybridized carbons (Fsp3) is 0.462. The maximum absolute atomic E-state index is 8.78. The predicted octanol–water partition coefficient (Wildman–Crippen LogP) is 4.26. The summed E-state index contributed by atoms with van der Waals surface area (Å²) in [6.07, 6.45) is 1.14. The van der Waals surface area contributed by atoms with Crippen molar-refractivity contribution in [2.24, 2.45) is 0 Å². The van der Waals surface area contributed by atoms with Gasteiger partial charge in [0.15, 0.2) is 0 Å². The summed E-state index contributed by atoms with van der Waals surface area (Å²) in [6, 6.07) is 8.20. The molecule has 0 saturated heterocycles. The molecule has 2 nitrogen and oxygen atoms in total. The summed E-state index contributed by atoms with van der Waals surface area (Å²) in [6.45, 7) is 4.36. The molecule has 1 N–H and O–H groups in total. The van der Waals surface area contributed by atoms with Gasteiger partial charge in [-0.15, -0.1) is 0 Å². The first-order valence-corrected chi connectivity index (χ1v) is 7.66. The van der Waals surface area contributed by atoms with Crippen LogP contribution in [-0.4, -0.2) is 17.5 Å². The number of benzene rings is 1. The molecule has 17 heavy (non-hydrogen) atoms. The van der Waals surface area contributed by atoms with E-state index in [9.17, 15) is 0 Å². The molecule has 0 heterocycles. The largest absolute Gasteiger partial charge is 0.382 e. The van der Waals surface area contributed by atoms with Gasteiger partial charge in [-0.25, -0.2) is 0 Å². The Labute approximate surface area is 116 Å². The molecule has 0 radical (unpaired) electrons. The summed E-state index contributed by atoms with van der Waals surface area (Å²) >= 11 is 5.44. The van der Waals surface area contributed by atoms with Gasteiger partial charge in [0.25, 0.3) is 0 Å². The first-order valence-electron chi connectivity index (χ1n) is 5.71. The number of nitriles is 1. The van der Waals surface area contributed by atoms with E-state index < -0.39 is 0 Å². The Balaban J connectivity index is 2.54. The van der Waals surface area contributed by atoms with E-state index in [4.69, 9.17) is 5.26 Å². The van der Waals surface area contributed by atoms with Gasteiger partial charge >= 0.3 is 0 Å². The van der Waals surface area contributed by atoms with E-state index in [1.165, 1.54) is 11.5 Å². The van der Waals surface area contributed by atoms with Crippen LogP contribution in [0.4, 0.5) is 5.69 Å². The zero-order chi connectivity index (χ0) is 12.7. The third-order valence-corrected chi connectivity index (χ3v) is 3.99. The Morgan fingerprint density at radius 3 is 2.88 bits per heavy atom. The minimum atomic E-state index is 0.443. The van der Waals surface area contributed by atoms with Gasteiger partial charge in [-0.3, -0.25) is 0 Å². The minimum absolute atomic E-state index is 0.443. The number of hydrogen-bond donors (Lipinski definition) is 1. The molecular formula is C13H17BrN2S. The van der Waals surface area contributed by atoms with Gasteiger partial charge in [-0.1, -0.05) is 6.92 Å². The highest BCUT2D eigenvalue weighted by Crippen LogP contribution is 2.24. The van der Waals surface area contributed by atoms with E-state index in [1.54, 1.807) is 0 Å². The molecule has 0 aliphatic heterocycles. The number of nitrogens with one attached hydrogen (secondary N) is 1. The Bertz CT molecular complexity index is 401. The van der Waals surface area contributed by atoms with Crippen molar-refractivity contribution in [3.8, 4) is 6.07 Å². The minimum Gasteiger partial charge on any atom is -0.382 e. The number of rotatable bonds is 6. The molecule has 1 aromatic rings. The van der Waals surface area contributed by atoms with Crippen LogP contribution in [0.3, 0.4) is 0 Å². The van der Waals surface area contributed by atoms with E-state index in [-0.39, 0.29) is 0 Å². The zero-order valence-corrected chi connectivity index (χ0v) is 12.6. The molecule has 0 bridgehead atoms. The lowest BCUT2D eigenvalue weighted by Crippen LogP contribution is -2.16. The van der Waals surface area contributed by atoms with Crippen LogP contribution in [0.2, 0.25) is 0 Å². The van der Waals surface area contributed by atoms with Crippen molar-refractivity contribution in [2.75, 3.05) is 16.8 Å². The molecule has 1 rings (SSSR count). The van der Waals surface area contributed by atoms with Gasteiger partial charge in [-0.05, 0) is 59.0 Å². The molecule has 0 amide bonds. The van der Waals surface area contributed by atoms with Gasteiger partial charge in [-0.2, -0.15) is 17.0 Å². The highest BCUT2D eigenvalue weighted by Gasteiger charge is 2.05. The summed E-state index contributed by atoms with van der Waals surface area (Å²) in [7, 11) is 0. The third-order valence-electron chi connectivity index (χ3n) is 2.40. The van der Waals surface area contributed by atoms with Gasteiger partial charge in [0.05, 0.1) is 11.6 Å². The summed E-state index contributed by atoms with van der Waals surface area (Å²) in [4.78, 5) is 0. The van der Waals surface area contributed by atoms with Crippen molar-refractivity contribution in [3.63, 3.8) is 0 Å². The van der Waals surface area contributed by atoms with E-state index >= 15 is 0 Å². The molecule has 0 aliphatic carbocycles. The monoisotopic (exact) mass is 312 g/mol. The van der Waals surface area contributed by atoms with E-state index in [1.807, 2.05) is 30.0 Å². The Morgan fingerprint density at radius 2 is 2.29 bits per heavy atom. The lowest BCUT2D eigenvalue weighted by atomic mass is 10.2. The average Bonchev–Trinajstić information content (AvgIpc) is 2.32. The molecular weight excluding hydrogens is 296 g/mol. The van der Waals surface area contributed by atoms with Gasteiger partial charge < -0.3 is 5.32 Å². The van der Waals surface area contributed by atoms with Crippen LogP contribution in [0, 0.1) is 11.3 Å².